The van der Waals surface area contributed by atoms with Crippen LogP contribution < -0.4 is 21.3 Å². The standard InChI is InChI=1S/C38H63N7O6/c1-10-15-26(31(46)33(48)39-18-11-2)40-32(47)30-28-25(38(28,8)9)21-45(30)34(49)29(24-16-13-12-14-17-24)42-35(50)41-27(37(5,6)7)22-43-19-20-44(23(3)4)36(43)51/h11,23-30H,2,10,12-22H2,1,3-9H3,(H,39,48)(H,40,47)(H2,41,42,50)/t25-,26?,27+,28?,29-,30-/m0/s1. The predicted molar refractivity (Wildman–Crippen MR) is 195 cm³/mol. The van der Waals surface area contributed by atoms with Crippen molar-refractivity contribution in [2.24, 2.45) is 28.6 Å². The number of ketones is 1. The van der Waals surface area contributed by atoms with Gasteiger partial charge in [0.2, 0.25) is 17.6 Å². The molecule has 2 aliphatic carbocycles. The van der Waals surface area contributed by atoms with Crippen molar-refractivity contribution in [3.05, 3.63) is 12.7 Å². The first-order chi connectivity index (χ1) is 23.9. The van der Waals surface area contributed by atoms with Gasteiger partial charge < -0.3 is 36.0 Å². The average Bonchev–Trinajstić information content (AvgIpc) is 3.37. The maximum absolute atomic E-state index is 14.7. The van der Waals surface area contributed by atoms with Gasteiger partial charge in [0.1, 0.15) is 12.1 Å². The van der Waals surface area contributed by atoms with Gasteiger partial charge in [0.15, 0.2) is 0 Å². The van der Waals surface area contributed by atoms with Crippen molar-refractivity contribution in [3.63, 3.8) is 0 Å². The second-order valence-corrected chi connectivity index (χ2v) is 17.0. The number of likely N-dealkylation sites (tertiary alicyclic amines) is 1. The Morgan fingerprint density at radius 3 is 2.24 bits per heavy atom. The third-order valence-electron chi connectivity index (χ3n) is 11.8. The van der Waals surface area contributed by atoms with E-state index < -0.39 is 41.8 Å². The summed E-state index contributed by atoms with van der Waals surface area (Å²) in [4.78, 5) is 86.5. The SMILES string of the molecule is C=CCNC(=O)C(=O)C(CCC)NC(=O)[C@@H]1C2[C@H](CN1C(=O)[C@@H](NC(=O)N[C@H](CN1CCN(C(C)C)C1=O)C(C)(C)C)C1CCCCC1)C2(C)C. The van der Waals surface area contributed by atoms with Crippen LogP contribution >= 0.6 is 0 Å². The van der Waals surface area contributed by atoms with E-state index in [1.54, 1.807) is 9.80 Å². The summed E-state index contributed by atoms with van der Waals surface area (Å²) in [5, 5.41) is 11.5. The number of piperidine rings is 1. The van der Waals surface area contributed by atoms with E-state index in [2.05, 4.69) is 41.7 Å². The molecular weight excluding hydrogens is 650 g/mol. The maximum Gasteiger partial charge on any atom is 0.320 e. The lowest BCUT2D eigenvalue weighted by Gasteiger charge is -2.38. The summed E-state index contributed by atoms with van der Waals surface area (Å²) in [5.41, 5.74) is -0.555. The number of urea groups is 2. The molecule has 2 heterocycles. The summed E-state index contributed by atoms with van der Waals surface area (Å²) in [6.45, 7) is 21.7. The van der Waals surface area contributed by atoms with Gasteiger partial charge >= 0.3 is 12.1 Å². The molecule has 0 aromatic heterocycles. The first-order valence-corrected chi connectivity index (χ1v) is 19.1. The first-order valence-electron chi connectivity index (χ1n) is 19.1. The second-order valence-electron chi connectivity index (χ2n) is 17.0. The molecule has 2 saturated heterocycles. The van der Waals surface area contributed by atoms with Crippen LogP contribution in [0, 0.1) is 28.6 Å². The minimum atomic E-state index is -1.02. The Morgan fingerprint density at radius 2 is 1.67 bits per heavy atom. The van der Waals surface area contributed by atoms with E-state index in [0.29, 0.717) is 32.6 Å². The summed E-state index contributed by atoms with van der Waals surface area (Å²) in [6.07, 6.45) is 6.84. The summed E-state index contributed by atoms with van der Waals surface area (Å²) < 4.78 is 0. The Kier molecular flexibility index (Phi) is 12.9. The van der Waals surface area contributed by atoms with Crippen molar-refractivity contribution in [1.82, 2.24) is 36.0 Å². The highest BCUT2D eigenvalue weighted by atomic mass is 16.2. The molecule has 51 heavy (non-hydrogen) atoms. The minimum absolute atomic E-state index is 0.0446. The fraction of sp³-hybridized carbons (Fsp3) is 0.789. The van der Waals surface area contributed by atoms with Crippen LogP contribution in [-0.2, 0) is 19.2 Å². The average molecular weight is 714 g/mol. The molecule has 0 radical (unpaired) electrons. The summed E-state index contributed by atoms with van der Waals surface area (Å²) in [5.74, 6) is -2.36. The topological polar surface area (TPSA) is 160 Å². The fourth-order valence-electron chi connectivity index (χ4n) is 8.41. The molecule has 0 aromatic carbocycles. The van der Waals surface area contributed by atoms with Gasteiger partial charge in [-0.15, -0.1) is 6.58 Å². The molecule has 2 aliphatic heterocycles. The van der Waals surface area contributed by atoms with Crippen molar-refractivity contribution in [2.75, 3.05) is 32.7 Å². The van der Waals surface area contributed by atoms with Crippen LogP contribution in [0.4, 0.5) is 9.59 Å². The number of carbonyl (C=O) groups is 6. The van der Waals surface area contributed by atoms with E-state index >= 15 is 0 Å². The highest BCUT2D eigenvalue weighted by Gasteiger charge is 2.69. The van der Waals surface area contributed by atoms with E-state index in [1.807, 2.05) is 46.4 Å². The van der Waals surface area contributed by atoms with Crippen LogP contribution in [0.25, 0.3) is 0 Å². The Balaban J connectivity index is 1.54. The van der Waals surface area contributed by atoms with Gasteiger partial charge in [-0.05, 0) is 61.7 Å². The third kappa shape index (κ3) is 9.06. The number of hydrogen-bond acceptors (Lipinski definition) is 6. The highest BCUT2D eigenvalue weighted by Crippen LogP contribution is 2.65. The number of fused-ring (bicyclic) bond motifs is 1. The van der Waals surface area contributed by atoms with E-state index in [-0.39, 0.29) is 65.6 Å². The predicted octanol–water partition coefficient (Wildman–Crippen LogP) is 3.43. The lowest BCUT2D eigenvalue weighted by Crippen LogP contribution is -2.62. The lowest BCUT2D eigenvalue weighted by atomic mass is 9.83. The zero-order valence-electron chi connectivity index (χ0n) is 32.2. The van der Waals surface area contributed by atoms with Gasteiger partial charge in [-0.25, -0.2) is 9.59 Å². The number of rotatable bonds is 15. The van der Waals surface area contributed by atoms with Crippen molar-refractivity contribution in [1.29, 1.82) is 0 Å². The number of amides is 7. The van der Waals surface area contributed by atoms with Gasteiger partial charge in [-0.2, -0.15) is 0 Å². The third-order valence-corrected chi connectivity index (χ3v) is 11.8. The van der Waals surface area contributed by atoms with E-state index in [0.717, 1.165) is 32.1 Å². The van der Waals surface area contributed by atoms with Crippen molar-refractivity contribution in [3.8, 4) is 0 Å². The van der Waals surface area contributed by atoms with Crippen LogP contribution in [-0.4, -0.2) is 113 Å². The molecule has 0 bridgehead atoms. The molecule has 0 aromatic rings. The second kappa shape index (κ2) is 16.4. The van der Waals surface area contributed by atoms with Gasteiger partial charge in [0.05, 0.1) is 12.1 Å². The zero-order valence-corrected chi connectivity index (χ0v) is 32.2. The Labute approximate surface area is 304 Å². The van der Waals surface area contributed by atoms with E-state index in [1.165, 1.54) is 6.08 Å². The molecule has 286 valence electrons. The van der Waals surface area contributed by atoms with E-state index in [9.17, 15) is 28.8 Å². The molecule has 4 N–H and O–H groups in total. The van der Waals surface area contributed by atoms with Gasteiger partial charge in [0.25, 0.3) is 5.91 Å². The molecule has 13 nitrogen and oxygen atoms in total. The highest BCUT2D eigenvalue weighted by molar-refractivity contribution is 6.38. The van der Waals surface area contributed by atoms with Gasteiger partial charge in [0, 0.05) is 38.8 Å². The largest absolute Gasteiger partial charge is 0.346 e. The molecule has 7 amide bonds. The zero-order chi connectivity index (χ0) is 37.8. The van der Waals surface area contributed by atoms with Crippen molar-refractivity contribution < 1.29 is 28.8 Å². The van der Waals surface area contributed by atoms with Crippen LogP contribution in [0.1, 0.15) is 100 Å². The maximum atomic E-state index is 14.7. The molecule has 2 unspecified atom stereocenters. The van der Waals surface area contributed by atoms with Crippen LogP contribution in [0.5, 0.6) is 0 Å². The van der Waals surface area contributed by atoms with Crippen molar-refractivity contribution >= 4 is 35.6 Å². The molecule has 6 atom stereocenters. The quantitative estimate of drug-likeness (QED) is 0.150. The molecule has 13 heteroatoms. The number of hydrogen-bond donors (Lipinski definition) is 4. The lowest BCUT2D eigenvalue weighted by molar-refractivity contribution is -0.144. The monoisotopic (exact) mass is 713 g/mol. The molecular formula is C38H63N7O6. The summed E-state index contributed by atoms with van der Waals surface area (Å²) in [6, 6.07) is -3.51. The fourth-order valence-corrected chi connectivity index (χ4v) is 8.41. The molecule has 4 fully saturated rings. The number of nitrogens with zero attached hydrogens (tertiary/aromatic N) is 3. The number of carbonyl (C=O) groups excluding carboxylic acids is 6. The molecule has 4 rings (SSSR count). The Morgan fingerprint density at radius 1 is 1.00 bits per heavy atom. The van der Waals surface area contributed by atoms with Crippen LogP contribution in [0.15, 0.2) is 12.7 Å². The number of nitrogens with one attached hydrogen (secondary N) is 4. The van der Waals surface area contributed by atoms with Gasteiger partial charge in [-0.3, -0.25) is 19.2 Å². The first kappa shape index (κ1) is 40.1. The Bertz CT molecular complexity index is 1340. The Hall–Kier alpha value is -3.64. The minimum Gasteiger partial charge on any atom is -0.346 e. The van der Waals surface area contributed by atoms with Crippen molar-refractivity contribution in [2.45, 2.75) is 131 Å². The normalized spacial score (nSPS) is 24.8. The molecule has 2 saturated carbocycles. The van der Waals surface area contributed by atoms with Crippen LogP contribution in [0.2, 0.25) is 0 Å². The molecule has 4 aliphatic rings. The molecule has 0 spiro atoms. The van der Waals surface area contributed by atoms with E-state index in [4.69, 9.17) is 0 Å². The van der Waals surface area contributed by atoms with Gasteiger partial charge in [-0.1, -0.05) is 73.3 Å². The number of Topliss-reactive ketones (excluding diaryl/α,β-unsaturated/α-hetero) is 1. The summed E-state index contributed by atoms with van der Waals surface area (Å²) >= 11 is 0. The summed E-state index contributed by atoms with van der Waals surface area (Å²) in [7, 11) is 0. The van der Waals surface area contributed by atoms with Crippen LogP contribution in [0.3, 0.4) is 0 Å². The smallest absolute Gasteiger partial charge is 0.320 e.